The maximum absolute atomic E-state index is 13.2. The first-order chi connectivity index (χ1) is 7.29. The van der Waals surface area contributed by atoms with Crippen LogP contribution in [0, 0.1) is 33.4 Å². The summed E-state index contributed by atoms with van der Waals surface area (Å²) < 4.78 is 51.8. The van der Waals surface area contributed by atoms with Gasteiger partial charge in [0, 0.05) is 14.1 Å². The van der Waals surface area contributed by atoms with Crippen LogP contribution in [0.3, 0.4) is 0 Å². The number of benzene rings is 1. The van der Waals surface area contributed by atoms with Crippen molar-refractivity contribution in [2.45, 2.75) is 0 Å². The van der Waals surface area contributed by atoms with Crippen LogP contribution < -0.4 is 4.90 Å². The van der Waals surface area contributed by atoms with E-state index in [2.05, 4.69) is 0 Å². The molecule has 0 unspecified atom stereocenters. The Morgan fingerprint density at radius 2 is 1.44 bits per heavy atom. The van der Waals surface area contributed by atoms with Crippen LogP contribution in [0.25, 0.3) is 0 Å². The number of hydrogen-bond donors (Lipinski definition) is 0. The van der Waals surface area contributed by atoms with Gasteiger partial charge >= 0.3 is 5.69 Å². The largest absolute Gasteiger partial charge is 0.370 e. The molecule has 0 aromatic heterocycles. The van der Waals surface area contributed by atoms with E-state index in [1.807, 2.05) is 0 Å². The Labute approximate surface area is 87.2 Å². The van der Waals surface area contributed by atoms with Crippen molar-refractivity contribution in [2.24, 2.45) is 0 Å². The molecule has 4 nitrogen and oxygen atoms in total. The van der Waals surface area contributed by atoms with Crippen LogP contribution >= 0.6 is 0 Å². The Morgan fingerprint density at radius 1 is 1.00 bits per heavy atom. The first kappa shape index (κ1) is 12.2. The molecule has 0 radical (unpaired) electrons. The van der Waals surface area contributed by atoms with Crippen molar-refractivity contribution in [1.29, 1.82) is 0 Å². The highest BCUT2D eigenvalue weighted by atomic mass is 19.2. The monoisotopic (exact) mass is 238 g/mol. The minimum atomic E-state index is -2.20. The van der Waals surface area contributed by atoms with Gasteiger partial charge in [0.05, 0.1) is 4.92 Å². The van der Waals surface area contributed by atoms with Gasteiger partial charge in [0.1, 0.15) is 0 Å². The van der Waals surface area contributed by atoms with E-state index >= 15 is 0 Å². The fourth-order valence-electron chi connectivity index (χ4n) is 1.18. The second kappa shape index (κ2) is 3.95. The maximum atomic E-state index is 13.2. The molecular weight excluding hydrogens is 232 g/mol. The van der Waals surface area contributed by atoms with Crippen LogP contribution in [-0.2, 0) is 0 Å². The zero-order valence-corrected chi connectivity index (χ0v) is 8.22. The SMILES string of the molecule is CN(C)c1c(F)c(F)c(F)c(F)c1[N+](=O)[O-]. The van der Waals surface area contributed by atoms with Gasteiger partial charge in [-0.1, -0.05) is 0 Å². The van der Waals surface area contributed by atoms with Gasteiger partial charge in [-0.15, -0.1) is 0 Å². The van der Waals surface area contributed by atoms with E-state index in [1.54, 1.807) is 0 Å². The fourth-order valence-corrected chi connectivity index (χ4v) is 1.18. The summed E-state index contributed by atoms with van der Waals surface area (Å²) in [6.45, 7) is 0. The molecule has 0 aliphatic heterocycles. The lowest BCUT2D eigenvalue weighted by molar-refractivity contribution is -0.387. The van der Waals surface area contributed by atoms with E-state index < -0.39 is 39.6 Å². The lowest BCUT2D eigenvalue weighted by atomic mass is 10.2. The van der Waals surface area contributed by atoms with E-state index in [-0.39, 0.29) is 0 Å². The minimum Gasteiger partial charge on any atom is -0.370 e. The Balaban J connectivity index is 3.76. The number of halogens is 4. The van der Waals surface area contributed by atoms with Crippen LogP contribution in [0.1, 0.15) is 0 Å². The molecule has 1 aromatic rings. The average Bonchev–Trinajstić information content (AvgIpc) is 2.18. The van der Waals surface area contributed by atoms with E-state index in [1.165, 1.54) is 0 Å². The zero-order chi connectivity index (χ0) is 12.6. The molecule has 0 aliphatic carbocycles. The average molecular weight is 238 g/mol. The third-order valence-electron chi connectivity index (χ3n) is 1.85. The normalized spacial score (nSPS) is 10.4. The second-order valence-electron chi connectivity index (χ2n) is 3.10. The molecule has 0 saturated carbocycles. The smallest absolute Gasteiger partial charge is 0.334 e. The Kier molecular flexibility index (Phi) is 3.02. The molecule has 0 aliphatic rings. The molecule has 1 rings (SSSR count). The zero-order valence-electron chi connectivity index (χ0n) is 8.22. The van der Waals surface area contributed by atoms with Crippen molar-refractivity contribution >= 4 is 11.4 Å². The van der Waals surface area contributed by atoms with E-state index in [0.29, 0.717) is 0 Å². The predicted octanol–water partition coefficient (Wildman–Crippen LogP) is 2.22. The van der Waals surface area contributed by atoms with Gasteiger partial charge in [0.2, 0.25) is 11.6 Å². The van der Waals surface area contributed by atoms with Crippen LogP contribution in [-0.4, -0.2) is 19.0 Å². The van der Waals surface area contributed by atoms with Gasteiger partial charge in [0.15, 0.2) is 17.3 Å². The second-order valence-corrected chi connectivity index (χ2v) is 3.10. The molecule has 0 N–H and O–H groups in total. The van der Waals surface area contributed by atoms with E-state index in [4.69, 9.17) is 0 Å². The Hall–Kier alpha value is -1.86. The van der Waals surface area contributed by atoms with Gasteiger partial charge in [-0.3, -0.25) is 10.1 Å². The van der Waals surface area contributed by atoms with Gasteiger partial charge in [0.25, 0.3) is 0 Å². The van der Waals surface area contributed by atoms with Crippen LogP contribution in [0.2, 0.25) is 0 Å². The summed E-state index contributed by atoms with van der Waals surface area (Å²) in [6.07, 6.45) is 0. The van der Waals surface area contributed by atoms with E-state index in [9.17, 15) is 27.7 Å². The van der Waals surface area contributed by atoms with E-state index in [0.717, 1.165) is 19.0 Å². The molecule has 1 aromatic carbocycles. The predicted molar refractivity (Wildman–Crippen MR) is 47.3 cm³/mol. The number of rotatable bonds is 2. The molecule has 0 atom stereocenters. The molecule has 0 bridgehead atoms. The van der Waals surface area contributed by atoms with Crippen molar-refractivity contribution in [2.75, 3.05) is 19.0 Å². The maximum Gasteiger partial charge on any atom is 0.334 e. The number of hydrogen-bond acceptors (Lipinski definition) is 3. The molecule has 88 valence electrons. The van der Waals surface area contributed by atoms with Crippen molar-refractivity contribution in [3.8, 4) is 0 Å². The third-order valence-corrected chi connectivity index (χ3v) is 1.85. The molecule has 0 saturated heterocycles. The highest BCUT2D eigenvalue weighted by Gasteiger charge is 2.33. The topological polar surface area (TPSA) is 46.4 Å². The summed E-state index contributed by atoms with van der Waals surface area (Å²) in [5.41, 5.74) is -2.37. The highest BCUT2D eigenvalue weighted by Crippen LogP contribution is 2.35. The fraction of sp³-hybridized carbons (Fsp3) is 0.250. The van der Waals surface area contributed by atoms with Crippen molar-refractivity contribution in [3.05, 3.63) is 33.4 Å². The quantitative estimate of drug-likeness (QED) is 0.261. The summed E-state index contributed by atoms with van der Waals surface area (Å²) in [6, 6.07) is 0. The molecule has 0 fully saturated rings. The standard InChI is InChI=1S/C8H6F4N2O2/c1-13(2)7-5(11)3(9)4(10)6(12)8(7)14(15)16/h1-2H3. The molecule has 0 amide bonds. The third kappa shape index (κ3) is 1.66. The van der Waals surface area contributed by atoms with Gasteiger partial charge in [-0.25, -0.2) is 13.2 Å². The molecule has 8 heteroatoms. The number of anilines is 1. The molecule has 0 spiro atoms. The van der Waals surface area contributed by atoms with Crippen molar-refractivity contribution in [1.82, 2.24) is 0 Å². The first-order valence-electron chi connectivity index (χ1n) is 3.96. The lowest BCUT2D eigenvalue weighted by Crippen LogP contribution is -2.16. The molecular formula is C8H6F4N2O2. The number of nitro groups is 1. The molecule has 16 heavy (non-hydrogen) atoms. The Morgan fingerprint density at radius 3 is 1.81 bits per heavy atom. The molecule has 0 heterocycles. The first-order valence-corrected chi connectivity index (χ1v) is 3.96. The van der Waals surface area contributed by atoms with Crippen LogP contribution in [0.15, 0.2) is 0 Å². The summed E-state index contributed by atoms with van der Waals surface area (Å²) >= 11 is 0. The number of nitrogens with zero attached hydrogens (tertiary/aromatic N) is 2. The van der Waals surface area contributed by atoms with Gasteiger partial charge < -0.3 is 4.90 Å². The highest BCUT2D eigenvalue weighted by molar-refractivity contribution is 5.64. The Bertz CT molecular complexity index is 462. The minimum absolute atomic E-state index is 0.791. The number of nitro benzene ring substituents is 1. The lowest BCUT2D eigenvalue weighted by Gasteiger charge is -2.14. The van der Waals surface area contributed by atoms with Crippen molar-refractivity contribution < 1.29 is 22.5 Å². The van der Waals surface area contributed by atoms with Gasteiger partial charge in [-0.2, -0.15) is 4.39 Å². The van der Waals surface area contributed by atoms with Crippen LogP contribution in [0.5, 0.6) is 0 Å². The summed E-state index contributed by atoms with van der Waals surface area (Å²) in [5, 5.41) is 10.4. The summed E-state index contributed by atoms with van der Waals surface area (Å²) in [5.74, 6) is -8.09. The van der Waals surface area contributed by atoms with Gasteiger partial charge in [-0.05, 0) is 0 Å². The van der Waals surface area contributed by atoms with Crippen LogP contribution in [0.4, 0.5) is 28.9 Å². The summed E-state index contributed by atoms with van der Waals surface area (Å²) in [7, 11) is 2.28. The summed E-state index contributed by atoms with van der Waals surface area (Å²) in [4.78, 5) is 9.93. The van der Waals surface area contributed by atoms with Crippen molar-refractivity contribution in [3.63, 3.8) is 0 Å².